The number of rotatable bonds is 5. The topological polar surface area (TPSA) is 57.9 Å². The molecule has 22 heavy (non-hydrogen) atoms. The second-order valence-electron chi connectivity index (χ2n) is 5.67. The zero-order chi connectivity index (χ0) is 15.6. The fourth-order valence-electron chi connectivity index (χ4n) is 2.88. The first-order chi connectivity index (χ1) is 10.6. The molecule has 1 aliphatic heterocycles. The summed E-state index contributed by atoms with van der Waals surface area (Å²) in [6.45, 7) is 5.40. The van der Waals surface area contributed by atoms with Gasteiger partial charge in [0.2, 0.25) is 10.0 Å². The van der Waals surface area contributed by atoms with Crippen molar-refractivity contribution in [1.82, 2.24) is 18.6 Å². The zero-order valence-corrected chi connectivity index (χ0v) is 13.7. The van der Waals surface area contributed by atoms with E-state index in [-0.39, 0.29) is 5.75 Å². The van der Waals surface area contributed by atoms with Crippen molar-refractivity contribution in [3.8, 4) is 0 Å². The first-order valence-electron chi connectivity index (χ1n) is 7.71. The molecule has 0 spiro atoms. The first kappa shape index (κ1) is 15.5. The summed E-state index contributed by atoms with van der Waals surface area (Å²) in [5.74, 6) is 0.250. The Morgan fingerprint density at radius 1 is 1.18 bits per heavy atom. The van der Waals surface area contributed by atoms with Gasteiger partial charge in [0.15, 0.2) is 0 Å². The van der Waals surface area contributed by atoms with Crippen molar-refractivity contribution in [1.29, 1.82) is 0 Å². The van der Waals surface area contributed by atoms with E-state index in [1.165, 1.54) is 0 Å². The van der Waals surface area contributed by atoms with Crippen LogP contribution in [0.2, 0.25) is 0 Å². The summed E-state index contributed by atoms with van der Waals surface area (Å²) in [6.07, 6.45) is 4.58. The van der Waals surface area contributed by atoms with Crippen LogP contribution in [0.15, 0.2) is 30.6 Å². The molecular formula is C15H22N4O2S. The molecule has 2 aromatic heterocycles. The van der Waals surface area contributed by atoms with E-state index in [1.54, 1.807) is 4.31 Å². The monoisotopic (exact) mass is 322 g/mol. The lowest BCUT2D eigenvalue weighted by Crippen LogP contribution is -2.48. The van der Waals surface area contributed by atoms with E-state index in [0.717, 1.165) is 31.0 Å². The Labute approximate surface area is 131 Å². The highest BCUT2D eigenvalue weighted by atomic mass is 32.2. The molecule has 0 atom stereocenters. The van der Waals surface area contributed by atoms with Crippen LogP contribution in [0.25, 0.3) is 5.65 Å². The average molecular weight is 322 g/mol. The summed E-state index contributed by atoms with van der Waals surface area (Å²) in [7, 11) is -3.06. The number of piperazine rings is 1. The highest BCUT2D eigenvalue weighted by Gasteiger charge is 2.26. The number of nitrogens with zero attached hydrogens (tertiary/aromatic N) is 4. The molecule has 0 radical (unpaired) electrons. The molecule has 3 rings (SSSR count). The van der Waals surface area contributed by atoms with Gasteiger partial charge in [-0.1, -0.05) is 13.0 Å². The summed E-state index contributed by atoms with van der Waals surface area (Å²) in [5, 5.41) is 0. The first-order valence-corrected chi connectivity index (χ1v) is 9.32. The van der Waals surface area contributed by atoms with Gasteiger partial charge in [-0.3, -0.25) is 4.90 Å². The normalized spacial score (nSPS) is 18.0. The average Bonchev–Trinajstić information content (AvgIpc) is 2.91. The molecule has 0 aliphatic carbocycles. The summed E-state index contributed by atoms with van der Waals surface area (Å²) >= 11 is 0. The van der Waals surface area contributed by atoms with Crippen LogP contribution in [0.3, 0.4) is 0 Å². The molecule has 1 saturated heterocycles. The quantitative estimate of drug-likeness (QED) is 0.830. The number of hydrogen-bond donors (Lipinski definition) is 0. The maximum atomic E-state index is 12.1. The Balaban J connectivity index is 1.63. The van der Waals surface area contributed by atoms with E-state index < -0.39 is 10.0 Å². The van der Waals surface area contributed by atoms with Gasteiger partial charge in [-0.2, -0.15) is 4.31 Å². The van der Waals surface area contributed by atoms with E-state index in [0.29, 0.717) is 19.5 Å². The van der Waals surface area contributed by atoms with E-state index in [9.17, 15) is 8.42 Å². The van der Waals surface area contributed by atoms with Crippen LogP contribution in [0.5, 0.6) is 0 Å². The second-order valence-corrected chi connectivity index (χ2v) is 7.76. The predicted molar refractivity (Wildman–Crippen MR) is 86.1 cm³/mol. The summed E-state index contributed by atoms with van der Waals surface area (Å²) < 4.78 is 27.9. The third-order valence-corrected chi connectivity index (χ3v) is 6.14. The van der Waals surface area contributed by atoms with E-state index in [1.807, 2.05) is 37.5 Å². The Morgan fingerprint density at radius 3 is 2.68 bits per heavy atom. The molecule has 6 nitrogen and oxygen atoms in total. The molecule has 120 valence electrons. The molecule has 1 aliphatic rings. The van der Waals surface area contributed by atoms with Crippen LogP contribution in [0.1, 0.15) is 19.0 Å². The Hall–Kier alpha value is -1.44. The molecule has 2 aromatic rings. The highest BCUT2D eigenvalue weighted by molar-refractivity contribution is 7.89. The zero-order valence-electron chi connectivity index (χ0n) is 12.9. The maximum absolute atomic E-state index is 12.1. The molecule has 0 unspecified atom stereocenters. The number of fused-ring (bicyclic) bond motifs is 1. The van der Waals surface area contributed by atoms with Crippen molar-refractivity contribution in [3.05, 3.63) is 36.3 Å². The van der Waals surface area contributed by atoms with E-state index in [2.05, 4.69) is 14.3 Å². The predicted octanol–water partition coefficient (Wildman–Crippen LogP) is 1.19. The van der Waals surface area contributed by atoms with Gasteiger partial charge in [0, 0.05) is 38.9 Å². The van der Waals surface area contributed by atoms with Crippen LogP contribution < -0.4 is 0 Å². The minimum atomic E-state index is -3.06. The van der Waals surface area contributed by atoms with Gasteiger partial charge in [-0.25, -0.2) is 13.4 Å². The lowest BCUT2D eigenvalue weighted by atomic mass is 10.3. The van der Waals surface area contributed by atoms with Gasteiger partial charge < -0.3 is 4.40 Å². The van der Waals surface area contributed by atoms with Gasteiger partial charge in [0.05, 0.1) is 17.6 Å². The van der Waals surface area contributed by atoms with Gasteiger partial charge in [-0.15, -0.1) is 0 Å². The van der Waals surface area contributed by atoms with E-state index >= 15 is 0 Å². The number of imidazole rings is 1. The molecule has 0 saturated carbocycles. The smallest absolute Gasteiger partial charge is 0.214 e. The van der Waals surface area contributed by atoms with Crippen LogP contribution in [-0.4, -0.2) is 58.9 Å². The molecule has 0 N–H and O–H groups in total. The van der Waals surface area contributed by atoms with Crippen molar-refractivity contribution >= 4 is 15.7 Å². The van der Waals surface area contributed by atoms with Gasteiger partial charge >= 0.3 is 0 Å². The number of pyridine rings is 1. The number of aromatic nitrogens is 2. The Bertz CT molecular complexity index is 733. The largest absolute Gasteiger partial charge is 0.303 e. The number of hydrogen-bond acceptors (Lipinski definition) is 4. The van der Waals surface area contributed by atoms with Gasteiger partial charge in [0.1, 0.15) is 5.65 Å². The minimum absolute atomic E-state index is 0.250. The Kier molecular flexibility index (Phi) is 4.46. The lowest BCUT2D eigenvalue weighted by molar-refractivity contribution is 0.179. The summed E-state index contributed by atoms with van der Waals surface area (Å²) in [4.78, 5) is 6.68. The van der Waals surface area contributed by atoms with Crippen LogP contribution in [0.4, 0.5) is 0 Å². The van der Waals surface area contributed by atoms with Crippen molar-refractivity contribution in [3.63, 3.8) is 0 Å². The SMILES string of the molecule is CCCS(=O)(=O)N1CCN(Cc2cnc3ccccn23)CC1. The summed E-state index contributed by atoms with van der Waals surface area (Å²) in [5.41, 5.74) is 2.09. The molecule has 1 fully saturated rings. The van der Waals surface area contributed by atoms with Crippen molar-refractivity contribution in [2.75, 3.05) is 31.9 Å². The van der Waals surface area contributed by atoms with Gasteiger partial charge in [0.25, 0.3) is 0 Å². The third kappa shape index (κ3) is 3.16. The Morgan fingerprint density at radius 2 is 1.95 bits per heavy atom. The molecular weight excluding hydrogens is 300 g/mol. The second kappa shape index (κ2) is 6.36. The number of sulfonamides is 1. The fourth-order valence-corrected chi connectivity index (χ4v) is 4.38. The lowest BCUT2D eigenvalue weighted by Gasteiger charge is -2.33. The standard InChI is InChI=1S/C15H22N4O2S/c1-2-11-22(20,21)18-9-7-17(8-10-18)13-14-12-16-15-5-3-4-6-19(14)15/h3-6,12H,2,7-11,13H2,1H3. The summed E-state index contributed by atoms with van der Waals surface area (Å²) in [6, 6.07) is 5.95. The van der Waals surface area contributed by atoms with E-state index in [4.69, 9.17) is 0 Å². The fraction of sp³-hybridized carbons (Fsp3) is 0.533. The van der Waals surface area contributed by atoms with Crippen LogP contribution >= 0.6 is 0 Å². The van der Waals surface area contributed by atoms with Crippen LogP contribution in [-0.2, 0) is 16.6 Å². The van der Waals surface area contributed by atoms with Crippen molar-refractivity contribution in [2.45, 2.75) is 19.9 Å². The van der Waals surface area contributed by atoms with Gasteiger partial charge in [-0.05, 0) is 18.6 Å². The van der Waals surface area contributed by atoms with Crippen LogP contribution in [0, 0.1) is 0 Å². The molecule has 0 bridgehead atoms. The molecule has 0 amide bonds. The molecule has 3 heterocycles. The molecule has 0 aromatic carbocycles. The van der Waals surface area contributed by atoms with Crippen molar-refractivity contribution in [2.24, 2.45) is 0 Å². The molecule has 7 heteroatoms. The highest BCUT2D eigenvalue weighted by Crippen LogP contribution is 2.13. The minimum Gasteiger partial charge on any atom is -0.303 e. The third-order valence-electron chi connectivity index (χ3n) is 4.07. The maximum Gasteiger partial charge on any atom is 0.214 e. The van der Waals surface area contributed by atoms with Crippen molar-refractivity contribution < 1.29 is 8.42 Å².